The molecule has 0 aliphatic heterocycles. The summed E-state index contributed by atoms with van der Waals surface area (Å²) in [4.78, 5) is 17.1. The van der Waals surface area contributed by atoms with Gasteiger partial charge in [0.15, 0.2) is 0 Å². The van der Waals surface area contributed by atoms with E-state index in [2.05, 4.69) is 30.0 Å². The molecule has 1 aromatic carbocycles. The highest BCUT2D eigenvalue weighted by Gasteiger charge is 2.28. The maximum absolute atomic E-state index is 12.7. The van der Waals surface area contributed by atoms with E-state index in [0.29, 0.717) is 23.1 Å². The van der Waals surface area contributed by atoms with Gasteiger partial charge in [0.05, 0.1) is 23.8 Å². The molecule has 3 aromatic heterocycles. The second-order valence-electron chi connectivity index (χ2n) is 8.35. The molecular weight excluding hydrogens is 378 g/mol. The van der Waals surface area contributed by atoms with Crippen molar-refractivity contribution in [2.45, 2.75) is 45.4 Å². The van der Waals surface area contributed by atoms with Crippen LogP contribution in [0.5, 0.6) is 11.6 Å². The zero-order valence-corrected chi connectivity index (χ0v) is 17.7. The molecule has 154 valence electrons. The van der Waals surface area contributed by atoms with Crippen molar-refractivity contribution >= 4 is 5.52 Å². The van der Waals surface area contributed by atoms with Crippen molar-refractivity contribution in [3.8, 4) is 17.3 Å². The number of benzene rings is 1. The monoisotopic (exact) mass is 403 g/mol. The number of aromatic nitrogens is 5. The van der Waals surface area contributed by atoms with E-state index in [1.165, 1.54) is 23.1 Å². The van der Waals surface area contributed by atoms with E-state index in [1.54, 1.807) is 13.2 Å². The van der Waals surface area contributed by atoms with Crippen LogP contribution >= 0.6 is 0 Å². The summed E-state index contributed by atoms with van der Waals surface area (Å²) >= 11 is 0. The van der Waals surface area contributed by atoms with E-state index in [9.17, 15) is 4.79 Å². The lowest BCUT2D eigenvalue weighted by atomic mass is 10.2. The molecule has 5 rings (SSSR count). The van der Waals surface area contributed by atoms with Crippen LogP contribution in [0.2, 0.25) is 0 Å². The first kappa shape index (κ1) is 18.7. The fourth-order valence-corrected chi connectivity index (χ4v) is 3.83. The Morgan fingerprint density at radius 3 is 2.57 bits per heavy atom. The smallest absolute Gasteiger partial charge is 0.279 e. The van der Waals surface area contributed by atoms with Gasteiger partial charge in [-0.05, 0) is 50.1 Å². The number of hydrogen-bond acceptors (Lipinski definition) is 4. The Kier molecular flexibility index (Phi) is 4.27. The lowest BCUT2D eigenvalue weighted by molar-refractivity contribution is 0.430. The van der Waals surface area contributed by atoms with Gasteiger partial charge in [0.25, 0.3) is 5.56 Å². The minimum atomic E-state index is -0.135. The van der Waals surface area contributed by atoms with Crippen LogP contribution in [0.1, 0.15) is 55.7 Å². The number of rotatable bonds is 5. The zero-order valence-electron chi connectivity index (χ0n) is 17.7. The third kappa shape index (κ3) is 3.10. The van der Waals surface area contributed by atoms with Crippen LogP contribution in [0.4, 0.5) is 0 Å². The molecule has 1 saturated carbocycles. The molecule has 30 heavy (non-hydrogen) atoms. The first-order chi connectivity index (χ1) is 14.4. The summed E-state index contributed by atoms with van der Waals surface area (Å²) in [6.45, 7) is 6.13. The Bertz CT molecular complexity index is 1290. The van der Waals surface area contributed by atoms with E-state index < -0.39 is 0 Å². The highest BCUT2D eigenvalue weighted by Crippen LogP contribution is 2.41. The Hall–Kier alpha value is -3.35. The van der Waals surface area contributed by atoms with Crippen LogP contribution in [0.3, 0.4) is 0 Å². The summed E-state index contributed by atoms with van der Waals surface area (Å²) in [7, 11) is 1.71. The van der Waals surface area contributed by atoms with E-state index in [0.717, 1.165) is 17.2 Å². The number of nitrogens with zero attached hydrogens (tertiary/aromatic N) is 5. The van der Waals surface area contributed by atoms with Crippen molar-refractivity contribution in [1.82, 2.24) is 23.7 Å². The maximum atomic E-state index is 12.7. The van der Waals surface area contributed by atoms with Crippen LogP contribution in [-0.4, -0.2) is 23.7 Å². The van der Waals surface area contributed by atoms with E-state index in [4.69, 9.17) is 4.74 Å². The van der Waals surface area contributed by atoms with Gasteiger partial charge in [-0.15, -0.1) is 0 Å². The lowest BCUT2D eigenvalue weighted by Crippen LogP contribution is -2.20. The Morgan fingerprint density at radius 2 is 1.90 bits per heavy atom. The molecule has 1 fully saturated rings. The number of fused-ring (bicyclic) bond motifs is 1. The predicted molar refractivity (Wildman–Crippen MR) is 115 cm³/mol. The van der Waals surface area contributed by atoms with Gasteiger partial charge in [0.2, 0.25) is 5.88 Å². The first-order valence-corrected chi connectivity index (χ1v) is 10.3. The van der Waals surface area contributed by atoms with E-state index in [1.807, 2.05) is 46.5 Å². The van der Waals surface area contributed by atoms with Gasteiger partial charge >= 0.3 is 0 Å². The average molecular weight is 403 g/mol. The third-order valence-corrected chi connectivity index (χ3v) is 5.59. The summed E-state index contributed by atoms with van der Waals surface area (Å²) in [5.74, 6) is 2.79. The second-order valence-corrected chi connectivity index (χ2v) is 8.35. The molecule has 0 N–H and O–H groups in total. The number of imidazole rings is 1. The third-order valence-electron chi connectivity index (χ3n) is 5.59. The summed E-state index contributed by atoms with van der Waals surface area (Å²) in [6, 6.07) is 10.00. The van der Waals surface area contributed by atoms with Crippen LogP contribution < -0.4 is 10.3 Å². The molecule has 0 saturated heterocycles. The van der Waals surface area contributed by atoms with Crippen LogP contribution in [0.15, 0.2) is 47.5 Å². The number of hydrogen-bond donors (Lipinski definition) is 0. The Morgan fingerprint density at radius 1 is 1.17 bits per heavy atom. The van der Waals surface area contributed by atoms with Crippen molar-refractivity contribution in [2.75, 3.05) is 0 Å². The topological polar surface area (TPSA) is 66.3 Å². The number of aryl methyl sites for hydroxylation is 1. The fraction of sp³-hybridized carbons (Fsp3) is 0.348. The van der Waals surface area contributed by atoms with Gasteiger partial charge in [-0.1, -0.05) is 13.8 Å². The van der Waals surface area contributed by atoms with Gasteiger partial charge in [-0.3, -0.25) is 13.8 Å². The van der Waals surface area contributed by atoms with Gasteiger partial charge < -0.3 is 4.74 Å². The fourth-order valence-electron chi connectivity index (χ4n) is 3.83. The van der Waals surface area contributed by atoms with Crippen LogP contribution in [-0.2, 0) is 7.05 Å². The normalized spacial score (nSPS) is 14.0. The van der Waals surface area contributed by atoms with Crippen molar-refractivity contribution in [2.24, 2.45) is 7.05 Å². The van der Waals surface area contributed by atoms with Crippen molar-refractivity contribution in [1.29, 1.82) is 0 Å². The molecular formula is C23H25N5O2. The lowest BCUT2D eigenvalue weighted by Gasteiger charge is -2.13. The minimum Gasteiger partial charge on any atom is -0.439 e. The predicted octanol–water partition coefficient (Wildman–Crippen LogP) is 4.32. The summed E-state index contributed by atoms with van der Waals surface area (Å²) < 4.78 is 11.4. The molecule has 7 nitrogen and oxygen atoms in total. The molecule has 4 aromatic rings. The quantitative estimate of drug-likeness (QED) is 0.498. The Balaban J connectivity index is 1.48. The molecule has 0 radical (unpaired) electrons. The summed E-state index contributed by atoms with van der Waals surface area (Å²) in [5, 5.41) is 4.66. The van der Waals surface area contributed by atoms with Gasteiger partial charge in [-0.2, -0.15) is 5.10 Å². The molecule has 1 aliphatic carbocycles. The molecule has 0 bridgehead atoms. The van der Waals surface area contributed by atoms with Crippen LogP contribution in [0, 0.1) is 6.92 Å². The summed E-state index contributed by atoms with van der Waals surface area (Å²) in [5.41, 5.74) is 3.73. The van der Waals surface area contributed by atoms with Gasteiger partial charge in [-0.25, -0.2) is 9.67 Å². The molecule has 0 spiro atoms. The van der Waals surface area contributed by atoms with Crippen LogP contribution in [0.25, 0.3) is 11.2 Å². The second kappa shape index (κ2) is 6.86. The van der Waals surface area contributed by atoms with Crippen molar-refractivity contribution in [3.05, 3.63) is 70.3 Å². The Labute approximate surface area is 174 Å². The highest BCUT2D eigenvalue weighted by atomic mass is 16.5. The standard InChI is InChI=1S/C23H25N5O2/c1-14(2)22-24-12-20-23(29)26(4)21(13-27(20)22)30-18-9-7-17(8-10-18)28-19(16-5-6-16)11-15(3)25-28/h7-14,16H,5-6H2,1-4H3. The highest BCUT2D eigenvalue weighted by molar-refractivity contribution is 5.46. The van der Waals surface area contributed by atoms with Crippen molar-refractivity contribution < 1.29 is 4.74 Å². The van der Waals surface area contributed by atoms with E-state index in [-0.39, 0.29) is 11.5 Å². The van der Waals surface area contributed by atoms with E-state index >= 15 is 0 Å². The van der Waals surface area contributed by atoms with Gasteiger partial charge in [0.1, 0.15) is 17.1 Å². The number of ether oxygens (including phenoxy) is 1. The maximum Gasteiger partial charge on any atom is 0.279 e. The summed E-state index contributed by atoms with van der Waals surface area (Å²) in [6.07, 6.45) is 5.92. The molecule has 0 unspecified atom stereocenters. The van der Waals surface area contributed by atoms with Gasteiger partial charge in [0, 0.05) is 24.6 Å². The molecule has 0 atom stereocenters. The first-order valence-electron chi connectivity index (χ1n) is 10.3. The minimum absolute atomic E-state index is 0.135. The molecule has 1 aliphatic rings. The SMILES string of the molecule is Cc1cc(C2CC2)n(-c2ccc(Oc3cn4c(C(C)C)ncc4c(=O)n3C)cc2)n1. The average Bonchev–Trinajstić information content (AvgIpc) is 3.36. The molecule has 0 amide bonds. The molecule has 7 heteroatoms. The zero-order chi connectivity index (χ0) is 21.0. The van der Waals surface area contributed by atoms with Crippen molar-refractivity contribution in [3.63, 3.8) is 0 Å². The molecule has 3 heterocycles. The largest absolute Gasteiger partial charge is 0.439 e.